The summed E-state index contributed by atoms with van der Waals surface area (Å²) in [5.41, 5.74) is 5.78. The molecule has 0 radical (unpaired) electrons. The number of hydrogen-bond donors (Lipinski definition) is 0. The number of aryl methyl sites for hydroxylation is 3. The molecule has 0 aliphatic heterocycles. The lowest BCUT2D eigenvalue weighted by molar-refractivity contribution is 0.354. The minimum absolute atomic E-state index is 0.0330. The molecule has 0 amide bonds. The minimum atomic E-state index is -0.0330. The summed E-state index contributed by atoms with van der Waals surface area (Å²) in [5.74, 6) is 1.37. The van der Waals surface area contributed by atoms with Gasteiger partial charge < -0.3 is 14.0 Å². The number of nitrogens with zero attached hydrogens (tertiary/aromatic N) is 3. The molecule has 0 spiro atoms. The second-order valence-corrected chi connectivity index (χ2v) is 8.47. The van der Waals surface area contributed by atoms with E-state index in [-0.39, 0.29) is 5.56 Å². The zero-order valence-corrected chi connectivity index (χ0v) is 19.6. The Balaban J connectivity index is 1.55. The van der Waals surface area contributed by atoms with Gasteiger partial charge in [-0.15, -0.1) is 0 Å². The molecule has 0 atom stereocenters. The lowest BCUT2D eigenvalue weighted by atomic mass is 10.1. The first-order valence-corrected chi connectivity index (χ1v) is 11.3. The van der Waals surface area contributed by atoms with Crippen molar-refractivity contribution in [3.05, 3.63) is 100 Å². The van der Waals surface area contributed by atoms with Gasteiger partial charge in [-0.3, -0.25) is 9.36 Å². The van der Waals surface area contributed by atoms with E-state index in [1.807, 2.05) is 36.4 Å². The smallest absolute Gasteiger partial charge is 0.277 e. The second-order valence-electron chi connectivity index (χ2n) is 8.47. The van der Waals surface area contributed by atoms with E-state index >= 15 is 0 Å². The van der Waals surface area contributed by atoms with Crippen LogP contribution in [0.2, 0.25) is 0 Å². The van der Waals surface area contributed by atoms with Crippen LogP contribution in [0.15, 0.2) is 77.9 Å². The fourth-order valence-electron chi connectivity index (χ4n) is 4.55. The highest BCUT2D eigenvalue weighted by Gasteiger charge is 2.17. The van der Waals surface area contributed by atoms with Crippen molar-refractivity contribution in [1.29, 1.82) is 0 Å². The molecule has 0 N–H and O–H groups in total. The third kappa shape index (κ3) is 3.92. The van der Waals surface area contributed by atoms with Gasteiger partial charge in [-0.2, -0.15) is 0 Å². The maximum Gasteiger partial charge on any atom is 0.277 e. The number of fused-ring (bicyclic) bond motifs is 3. The maximum absolute atomic E-state index is 13.7. The van der Waals surface area contributed by atoms with Gasteiger partial charge in [-0.25, -0.2) is 4.98 Å². The summed E-state index contributed by atoms with van der Waals surface area (Å²) in [4.78, 5) is 18.4. The van der Waals surface area contributed by atoms with Gasteiger partial charge in [0.2, 0.25) is 0 Å². The Labute approximate surface area is 198 Å². The van der Waals surface area contributed by atoms with E-state index in [4.69, 9.17) is 14.5 Å². The zero-order chi connectivity index (χ0) is 23.7. The molecule has 6 nitrogen and oxygen atoms in total. The molecule has 0 fully saturated rings. The van der Waals surface area contributed by atoms with E-state index in [1.165, 1.54) is 5.56 Å². The number of para-hydroxylation sites is 1. The maximum atomic E-state index is 13.7. The third-order valence-corrected chi connectivity index (χ3v) is 6.25. The molecule has 6 heteroatoms. The number of rotatable bonds is 7. The lowest BCUT2D eigenvalue weighted by Crippen LogP contribution is -2.23. The monoisotopic (exact) mass is 453 g/mol. The number of aromatic nitrogens is 3. The van der Waals surface area contributed by atoms with E-state index in [0.29, 0.717) is 36.5 Å². The van der Waals surface area contributed by atoms with Crippen LogP contribution in [0.3, 0.4) is 0 Å². The average molecular weight is 454 g/mol. The van der Waals surface area contributed by atoms with Crippen molar-refractivity contribution in [3.8, 4) is 11.5 Å². The molecular formula is C28H27N3O3. The summed E-state index contributed by atoms with van der Waals surface area (Å²) in [6.07, 6.45) is 2.33. The van der Waals surface area contributed by atoms with Gasteiger partial charge in [0.15, 0.2) is 11.5 Å². The molecular weight excluding hydrogens is 426 g/mol. The van der Waals surface area contributed by atoms with Crippen LogP contribution in [0.1, 0.15) is 16.7 Å². The normalized spacial score (nSPS) is 11.3. The molecule has 172 valence electrons. The summed E-state index contributed by atoms with van der Waals surface area (Å²) in [6.45, 7) is 3.21. The highest BCUT2D eigenvalue weighted by molar-refractivity contribution is 6.05. The molecule has 5 aromatic rings. The predicted molar refractivity (Wildman–Crippen MR) is 135 cm³/mol. The van der Waals surface area contributed by atoms with Crippen molar-refractivity contribution in [3.63, 3.8) is 0 Å². The number of ether oxygens (including phenoxy) is 2. The van der Waals surface area contributed by atoms with Crippen LogP contribution in [0.4, 0.5) is 0 Å². The van der Waals surface area contributed by atoms with Crippen molar-refractivity contribution in [2.75, 3.05) is 14.2 Å². The molecule has 3 aromatic carbocycles. The molecule has 0 saturated heterocycles. The summed E-state index contributed by atoms with van der Waals surface area (Å²) in [7, 11) is 3.24. The van der Waals surface area contributed by atoms with Crippen LogP contribution >= 0.6 is 0 Å². The second kappa shape index (κ2) is 9.06. The first-order valence-electron chi connectivity index (χ1n) is 11.3. The highest BCUT2D eigenvalue weighted by Crippen LogP contribution is 2.28. The van der Waals surface area contributed by atoms with E-state index in [0.717, 1.165) is 27.5 Å². The van der Waals surface area contributed by atoms with Crippen LogP contribution in [-0.4, -0.2) is 28.3 Å². The SMILES string of the molecule is COc1ccc(CCn2cnc3c4ccccc4n(Cc4cccc(C)c4)c3c2=O)cc1OC. The minimum Gasteiger partial charge on any atom is -0.493 e. The topological polar surface area (TPSA) is 58.3 Å². The van der Waals surface area contributed by atoms with Crippen molar-refractivity contribution in [2.45, 2.75) is 26.4 Å². The molecule has 0 aliphatic rings. The molecule has 0 saturated carbocycles. The summed E-state index contributed by atoms with van der Waals surface area (Å²) >= 11 is 0. The van der Waals surface area contributed by atoms with E-state index < -0.39 is 0 Å². The third-order valence-electron chi connectivity index (χ3n) is 6.25. The molecule has 0 bridgehead atoms. The van der Waals surface area contributed by atoms with Gasteiger partial charge in [-0.1, -0.05) is 54.1 Å². The predicted octanol–water partition coefficient (Wildman–Crippen LogP) is 4.97. The lowest BCUT2D eigenvalue weighted by Gasteiger charge is -2.11. The van der Waals surface area contributed by atoms with Gasteiger partial charge in [-0.05, 0) is 42.7 Å². The number of hydrogen-bond acceptors (Lipinski definition) is 4. The van der Waals surface area contributed by atoms with Gasteiger partial charge in [0.1, 0.15) is 11.0 Å². The van der Waals surface area contributed by atoms with Crippen LogP contribution in [0.5, 0.6) is 11.5 Å². The molecule has 5 rings (SSSR count). The van der Waals surface area contributed by atoms with Gasteiger partial charge in [0.25, 0.3) is 5.56 Å². The van der Waals surface area contributed by atoms with Gasteiger partial charge >= 0.3 is 0 Å². The Hall–Kier alpha value is -4.06. The van der Waals surface area contributed by atoms with Crippen molar-refractivity contribution < 1.29 is 9.47 Å². The summed E-state index contributed by atoms with van der Waals surface area (Å²) < 4.78 is 14.5. The van der Waals surface area contributed by atoms with Gasteiger partial charge in [0.05, 0.1) is 26.1 Å². The van der Waals surface area contributed by atoms with E-state index in [9.17, 15) is 4.79 Å². The molecule has 0 aliphatic carbocycles. The van der Waals surface area contributed by atoms with Crippen molar-refractivity contribution in [1.82, 2.24) is 14.1 Å². The Morgan fingerprint density at radius 1 is 0.882 bits per heavy atom. The van der Waals surface area contributed by atoms with Crippen LogP contribution < -0.4 is 15.0 Å². The summed E-state index contributed by atoms with van der Waals surface area (Å²) in [5, 5.41) is 0.995. The number of benzene rings is 3. The first kappa shape index (κ1) is 21.8. The van der Waals surface area contributed by atoms with Crippen LogP contribution in [0.25, 0.3) is 21.9 Å². The average Bonchev–Trinajstić information content (AvgIpc) is 3.17. The van der Waals surface area contributed by atoms with Gasteiger partial charge in [0, 0.05) is 18.5 Å². The first-order chi connectivity index (χ1) is 16.6. The standard InChI is InChI=1S/C28H27N3O3/c1-19-7-6-8-21(15-19)17-31-23-10-5-4-9-22(23)26-27(31)28(32)30(18-29-26)14-13-20-11-12-24(33-2)25(16-20)34-3/h4-12,15-16,18H,13-14,17H2,1-3H3. The molecule has 0 unspecified atom stereocenters. The number of methoxy groups -OCH3 is 2. The quantitative estimate of drug-likeness (QED) is 0.349. The fourth-order valence-corrected chi connectivity index (χ4v) is 4.55. The molecule has 2 heterocycles. The Morgan fingerprint density at radius 3 is 2.50 bits per heavy atom. The highest BCUT2D eigenvalue weighted by atomic mass is 16.5. The zero-order valence-electron chi connectivity index (χ0n) is 19.6. The molecule has 34 heavy (non-hydrogen) atoms. The molecule has 2 aromatic heterocycles. The fraction of sp³-hybridized carbons (Fsp3) is 0.214. The Kier molecular flexibility index (Phi) is 5.80. The van der Waals surface area contributed by atoms with Crippen molar-refractivity contribution in [2.24, 2.45) is 0 Å². The van der Waals surface area contributed by atoms with Crippen molar-refractivity contribution >= 4 is 21.9 Å². The van der Waals surface area contributed by atoms with E-state index in [1.54, 1.807) is 25.1 Å². The Bertz CT molecular complexity index is 1550. The Morgan fingerprint density at radius 2 is 1.71 bits per heavy atom. The van der Waals surface area contributed by atoms with Crippen LogP contribution in [-0.2, 0) is 19.5 Å². The van der Waals surface area contributed by atoms with Crippen LogP contribution in [0, 0.1) is 6.92 Å². The van der Waals surface area contributed by atoms with E-state index in [2.05, 4.69) is 41.8 Å². The summed E-state index contributed by atoms with van der Waals surface area (Å²) in [6, 6.07) is 22.3. The largest absolute Gasteiger partial charge is 0.493 e.